The molecule has 1 heterocycles. The van der Waals surface area contributed by atoms with Crippen molar-refractivity contribution < 1.29 is 4.79 Å². The van der Waals surface area contributed by atoms with Crippen molar-refractivity contribution in [1.29, 1.82) is 0 Å². The van der Waals surface area contributed by atoms with Gasteiger partial charge in [-0.3, -0.25) is 9.80 Å². The third-order valence-corrected chi connectivity index (χ3v) is 2.66. The monoisotopic (exact) mass is 246 g/mol. The van der Waals surface area contributed by atoms with Crippen LogP contribution >= 0.6 is 0 Å². The van der Waals surface area contributed by atoms with Gasteiger partial charge < -0.3 is 10.7 Å². The predicted octanol–water partition coefficient (Wildman–Crippen LogP) is 1.72. The molecule has 3 N–H and O–H groups in total. The van der Waals surface area contributed by atoms with Gasteiger partial charge in [-0.05, 0) is 24.6 Å². The van der Waals surface area contributed by atoms with Crippen LogP contribution in [0.3, 0.4) is 0 Å². The summed E-state index contributed by atoms with van der Waals surface area (Å²) in [4.78, 5) is 11.2. The van der Waals surface area contributed by atoms with Crippen molar-refractivity contribution in [2.45, 2.75) is 26.8 Å². The van der Waals surface area contributed by atoms with E-state index in [1.807, 2.05) is 49.3 Å². The molecule has 1 aromatic carbocycles. The first-order chi connectivity index (χ1) is 8.67. The summed E-state index contributed by atoms with van der Waals surface area (Å²) < 4.78 is 0. The first-order valence-corrected chi connectivity index (χ1v) is 6.03. The van der Waals surface area contributed by atoms with E-state index in [9.17, 15) is 4.79 Å². The standard InChI is InChI=1S/C13H18N4O/c1-3-13(18)14-12-6-4-11(5-7-12)9-17-8-10(2)15-16-17/h4-8,15-16H,3,9H2,1-2H3,(H,14,18). The Morgan fingerprint density at radius 3 is 2.61 bits per heavy atom. The van der Waals surface area contributed by atoms with E-state index in [-0.39, 0.29) is 5.91 Å². The highest BCUT2D eigenvalue weighted by atomic mass is 16.1. The summed E-state index contributed by atoms with van der Waals surface area (Å²) in [7, 11) is 0. The number of hydrogen-bond donors (Lipinski definition) is 3. The van der Waals surface area contributed by atoms with Gasteiger partial charge in [-0.15, -0.1) is 5.53 Å². The maximum absolute atomic E-state index is 11.2. The van der Waals surface area contributed by atoms with E-state index in [0.29, 0.717) is 6.42 Å². The number of benzene rings is 1. The SMILES string of the molecule is CCC(=O)Nc1ccc(CN2C=C(C)NN2)cc1. The lowest BCUT2D eigenvalue weighted by molar-refractivity contribution is -0.115. The van der Waals surface area contributed by atoms with Crippen LogP contribution in [0.15, 0.2) is 36.2 Å². The van der Waals surface area contributed by atoms with Gasteiger partial charge in [0.1, 0.15) is 0 Å². The maximum Gasteiger partial charge on any atom is 0.224 e. The molecule has 0 atom stereocenters. The Kier molecular flexibility index (Phi) is 3.84. The second-order valence-corrected chi connectivity index (χ2v) is 4.28. The van der Waals surface area contributed by atoms with Crippen LogP contribution in [0.4, 0.5) is 5.69 Å². The lowest BCUT2D eigenvalue weighted by Gasteiger charge is -2.15. The zero-order valence-corrected chi connectivity index (χ0v) is 10.7. The fraction of sp³-hybridized carbons (Fsp3) is 0.308. The number of allylic oxidation sites excluding steroid dienone is 1. The molecule has 18 heavy (non-hydrogen) atoms. The number of anilines is 1. The van der Waals surface area contributed by atoms with Crippen LogP contribution in [0.2, 0.25) is 0 Å². The molecule has 1 amide bonds. The maximum atomic E-state index is 11.2. The Hall–Kier alpha value is -2.01. The molecule has 0 fully saturated rings. The Morgan fingerprint density at radius 1 is 1.33 bits per heavy atom. The van der Waals surface area contributed by atoms with Gasteiger partial charge in [0.05, 0.1) is 6.54 Å². The average molecular weight is 246 g/mol. The van der Waals surface area contributed by atoms with Crippen LogP contribution in [0.5, 0.6) is 0 Å². The third-order valence-electron chi connectivity index (χ3n) is 2.66. The molecule has 0 spiro atoms. The third kappa shape index (κ3) is 3.24. The first kappa shape index (κ1) is 12.4. The fourth-order valence-electron chi connectivity index (χ4n) is 1.68. The highest BCUT2D eigenvalue weighted by Gasteiger charge is 2.07. The zero-order chi connectivity index (χ0) is 13.0. The molecule has 1 aromatic rings. The summed E-state index contributed by atoms with van der Waals surface area (Å²) in [5.41, 5.74) is 9.14. The minimum Gasteiger partial charge on any atom is -0.326 e. The van der Waals surface area contributed by atoms with E-state index in [1.165, 1.54) is 5.56 Å². The van der Waals surface area contributed by atoms with Crippen LogP contribution in [0, 0.1) is 0 Å². The summed E-state index contributed by atoms with van der Waals surface area (Å²) in [5.74, 6) is 0.0340. The molecule has 0 aliphatic carbocycles. The van der Waals surface area contributed by atoms with Crippen molar-refractivity contribution in [2.24, 2.45) is 0 Å². The van der Waals surface area contributed by atoms with Crippen LogP contribution in [0.1, 0.15) is 25.8 Å². The number of hydrazine groups is 2. The van der Waals surface area contributed by atoms with Crippen molar-refractivity contribution in [3.8, 4) is 0 Å². The number of hydrogen-bond acceptors (Lipinski definition) is 4. The molecule has 2 rings (SSSR count). The summed E-state index contributed by atoms with van der Waals surface area (Å²) in [6, 6.07) is 7.86. The predicted molar refractivity (Wildman–Crippen MR) is 70.9 cm³/mol. The Bertz CT molecular complexity index is 453. The molecule has 0 radical (unpaired) electrons. The molecule has 0 saturated carbocycles. The van der Waals surface area contributed by atoms with Crippen molar-refractivity contribution in [3.63, 3.8) is 0 Å². The topological polar surface area (TPSA) is 56.4 Å². The van der Waals surface area contributed by atoms with Crippen molar-refractivity contribution >= 4 is 11.6 Å². The largest absolute Gasteiger partial charge is 0.326 e. The summed E-state index contributed by atoms with van der Waals surface area (Å²) in [6.07, 6.45) is 2.50. The van der Waals surface area contributed by atoms with Crippen molar-refractivity contribution in [2.75, 3.05) is 5.32 Å². The Labute approximate surface area is 107 Å². The number of carbonyl (C=O) groups is 1. The van der Waals surface area contributed by atoms with E-state index in [4.69, 9.17) is 0 Å². The van der Waals surface area contributed by atoms with Crippen LogP contribution < -0.4 is 16.3 Å². The van der Waals surface area contributed by atoms with Crippen LogP contribution in [-0.4, -0.2) is 10.9 Å². The normalized spacial score (nSPS) is 14.1. The van der Waals surface area contributed by atoms with Gasteiger partial charge in [0, 0.05) is 24.0 Å². The second kappa shape index (κ2) is 5.55. The Balaban J connectivity index is 1.93. The van der Waals surface area contributed by atoms with Crippen LogP contribution in [0.25, 0.3) is 0 Å². The highest BCUT2D eigenvalue weighted by molar-refractivity contribution is 5.90. The van der Waals surface area contributed by atoms with Gasteiger partial charge in [0.2, 0.25) is 5.91 Å². The molecule has 1 aliphatic heterocycles. The van der Waals surface area contributed by atoms with Crippen LogP contribution in [-0.2, 0) is 11.3 Å². The van der Waals surface area contributed by atoms with Gasteiger partial charge >= 0.3 is 0 Å². The summed E-state index contributed by atoms with van der Waals surface area (Å²) in [6.45, 7) is 4.60. The van der Waals surface area contributed by atoms with Crippen molar-refractivity contribution in [1.82, 2.24) is 16.0 Å². The molecule has 1 aliphatic rings. The molecule has 0 unspecified atom stereocenters. The summed E-state index contributed by atoms with van der Waals surface area (Å²) >= 11 is 0. The molecular formula is C13H18N4O. The number of rotatable bonds is 4. The van der Waals surface area contributed by atoms with Gasteiger partial charge in [-0.25, -0.2) is 0 Å². The zero-order valence-electron chi connectivity index (χ0n) is 10.7. The van der Waals surface area contributed by atoms with Crippen molar-refractivity contribution in [3.05, 3.63) is 41.7 Å². The molecule has 5 heteroatoms. The number of carbonyl (C=O) groups excluding carboxylic acids is 1. The van der Waals surface area contributed by atoms with E-state index >= 15 is 0 Å². The molecule has 0 saturated heterocycles. The van der Waals surface area contributed by atoms with E-state index in [2.05, 4.69) is 16.3 Å². The lowest BCUT2D eigenvalue weighted by atomic mass is 10.2. The average Bonchev–Trinajstić information content (AvgIpc) is 2.77. The molecule has 0 aromatic heterocycles. The number of nitrogens with one attached hydrogen (secondary N) is 3. The van der Waals surface area contributed by atoms with Gasteiger partial charge in [-0.2, -0.15) is 0 Å². The second-order valence-electron chi connectivity index (χ2n) is 4.28. The van der Waals surface area contributed by atoms with Gasteiger partial charge in [-0.1, -0.05) is 19.1 Å². The quantitative estimate of drug-likeness (QED) is 0.757. The van der Waals surface area contributed by atoms with Gasteiger partial charge in [0.15, 0.2) is 0 Å². The van der Waals surface area contributed by atoms with E-state index in [0.717, 1.165) is 17.9 Å². The molecule has 5 nitrogen and oxygen atoms in total. The molecular weight excluding hydrogens is 228 g/mol. The lowest BCUT2D eigenvalue weighted by Crippen LogP contribution is -2.35. The number of amides is 1. The summed E-state index contributed by atoms with van der Waals surface area (Å²) in [5, 5.41) is 4.79. The number of nitrogens with zero attached hydrogens (tertiary/aromatic N) is 1. The fourth-order valence-corrected chi connectivity index (χ4v) is 1.68. The Morgan fingerprint density at radius 2 is 2.06 bits per heavy atom. The highest BCUT2D eigenvalue weighted by Crippen LogP contribution is 2.12. The van der Waals surface area contributed by atoms with Gasteiger partial charge in [0.25, 0.3) is 0 Å². The smallest absolute Gasteiger partial charge is 0.224 e. The molecule has 96 valence electrons. The molecule has 0 bridgehead atoms. The minimum atomic E-state index is 0.0340. The van der Waals surface area contributed by atoms with E-state index < -0.39 is 0 Å². The van der Waals surface area contributed by atoms with E-state index in [1.54, 1.807) is 0 Å². The minimum absolute atomic E-state index is 0.0340. The first-order valence-electron chi connectivity index (χ1n) is 6.03.